The van der Waals surface area contributed by atoms with Crippen LogP contribution >= 0.6 is 0 Å². The van der Waals surface area contributed by atoms with E-state index in [1.807, 2.05) is 31.2 Å². The molecule has 102 valence electrons. The number of Topliss-reactive ketones (excluding diaryl/α,β-unsaturated/α-hetero) is 1. The molecular formula is C15H21N3O. The van der Waals surface area contributed by atoms with Crippen molar-refractivity contribution in [2.24, 2.45) is 11.7 Å². The van der Waals surface area contributed by atoms with Crippen LogP contribution in [-0.4, -0.2) is 21.9 Å². The van der Waals surface area contributed by atoms with E-state index in [-0.39, 0.29) is 11.7 Å². The number of aromatic nitrogens is 2. The maximum atomic E-state index is 12.1. The van der Waals surface area contributed by atoms with Gasteiger partial charge in [-0.15, -0.1) is 0 Å². The highest BCUT2D eigenvalue weighted by molar-refractivity contribution is 5.84. The van der Waals surface area contributed by atoms with Gasteiger partial charge in [0.15, 0.2) is 0 Å². The van der Waals surface area contributed by atoms with Crippen molar-refractivity contribution in [2.75, 3.05) is 6.54 Å². The second kappa shape index (κ2) is 5.97. The van der Waals surface area contributed by atoms with Crippen molar-refractivity contribution >= 4 is 16.8 Å². The van der Waals surface area contributed by atoms with E-state index in [2.05, 4.69) is 16.5 Å². The Morgan fingerprint density at radius 2 is 2.16 bits per heavy atom. The minimum absolute atomic E-state index is 0.00937. The third kappa shape index (κ3) is 2.84. The molecule has 1 heterocycles. The van der Waals surface area contributed by atoms with Crippen LogP contribution in [0, 0.1) is 5.92 Å². The highest BCUT2D eigenvalue weighted by Gasteiger charge is 2.17. The van der Waals surface area contributed by atoms with Crippen LogP contribution in [0.1, 0.15) is 26.1 Å². The molecule has 1 unspecified atom stereocenters. The smallest absolute Gasteiger partial charge is 0.143 e. The Hall–Kier alpha value is -1.68. The van der Waals surface area contributed by atoms with Gasteiger partial charge in [0.05, 0.1) is 17.5 Å². The summed E-state index contributed by atoms with van der Waals surface area (Å²) in [5.74, 6) is 1.09. The zero-order valence-corrected chi connectivity index (χ0v) is 11.6. The molecule has 0 aliphatic carbocycles. The molecule has 4 nitrogen and oxygen atoms in total. The highest BCUT2D eigenvalue weighted by atomic mass is 16.1. The van der Waals surface area contributed by atoms with Crippen LogP contribution in [0.3, 0.4) is 0 Å². The fourth-order valence-corrected chi connectivity index (χ4v) is 2.35. The predicted molar refractivity (Wildman–Crippen MR) is 77.0 cm³/mol. The molecule has 0 aliphatic rings. The van der Waals surface area contributed by atoms with Gasteiger partial charge in [0, 0.05) is 12.5 Å². The van der Waals surface area contributed by atoms with Gasteiger partial charge in [-0.25, -0.2) is 4.98 Å². The standard InChI is InChI=1S/C15H21N3O/c1-3-18-13-7-5-4-6-12(13)17-15(18)10-14(19)11(2)8-9-16/h4-7,11H,3,8-10,16H2,1-2H3. The fraction of sp³-hybridized carbons (Fsp3) is 0.467. The number of aryl methyl sites for hydroxylation is 1. The molecule has 0 bridgehead atoms. The van der Waals surface area contributed by atoms with Crippen LogP contribution in [0.4, 0.5) is 0 Å². The molecule has 1 aromatic heterocycles. The number of hydrogen-bond donors (Lipinski definition) is 1. The van der Waals surface area contributed by atoms with Gasteiger partial charge >= 0.3 is 0 Å². The third-order valence-corrected chi connectivity index (χ3v) is 3.53. The maximum absolute atomic E-state index is 12.1. The summed E-state index contributed by atoms with van der Waals surface area (Å²) in [5.41, 5.74) is 7.56. The van der Waals surface area contributed by atoms with E-state index in [1.54, 1.807) is 0 Å². The van der Waals surface area contributed by atoms with Crippen molar-refractivity contribution < 1.29 is 4.79 Å². The summed E-state index contributed by atoms with van der Waals surface area (Å²) in [5, 5.41) is 0. The number of fused-ring (bicyclic) bond motifs is 1. The first-order valence-corrected chi connectivity index (χ1v) is 6.84. The summed E-state index contributed by atoms with van der Waals surface area (Å²) in [4.78, 5) is 16.7. The number of carbonyl (C=O) groups excluding carboxylic acids is 1. The first-order chi connectivity index (χ1) is 9.17. The van der Waals surface area contributed by atoms with E-state index in [4.69, 9.17) is 5.73 Å². The summed E-state index contributed by atoms with van der Waals surface area (Å²) >= 11 is 0. The minimum atomic E-state index is 0.00937. The number of rotatable bonds is 6. The van der Waals surface area contributed by atoms with Crippen molar-refractivity contribution in [1.82, 2.24) is 9.55 Å². The van der Waals surface area contributed by atoms with Gasteiger partial charge in [-0.2, -0.15) is 0 Å². The van der Waals surface area contributed by atoms with E-state index < -0.39 is 0 Å². The van der Waals surface area contributed by atoms with E-state index in [0.29, 0.717) is 13.0 Å². The molecule has 2 rings (SSSR count). The summed E-state index contributed by atoms with van der Waals surface area (Å²) in [6, 6.07) is 8.00. The molecule has 1 aromatic carbocycles. The van der Waals surface area contributed by atoms with Crippen LogP contribution in [0.15, 0.2) is 24.3 Å². The first-order valence-electron chi connectivity index (χ1n) is 6.84. The molecule has 0 fully saturated rings. The van der Waals surface area contributed by atoms with Crippen LogP contribution in [0.2, 0.25) is 0 Å². The Bertz CT molecular complexity index is 574. The molecule has 2 N–H and O–H groups in total. The maximum Gasteiger partial charge on any atom is 0.143 e. The van der Waals surface area contributed by atoms with E-state index in [1.165, 1.54) is 0 Å². The molecule has 1 atom stereocenters. The van der Waals surface area contributed by atoms with Gasteiger partial charge in [-0.3, -0.25) is 4.79 Å². The van der Waals surface area contributed by atoms with Gasteiger partial charge in [0.1, 0.15) is 11.6 Å². The minimum Gasteiger partial charge on any atom is -0.330 e. The number of nitrogens with two attached hydrogens (primary N) is 1. The number of nitrogens with zero attached hydrogens (tertiary/aromatic N) is 2. The lowest BCUT2D eigenvalue weighted by atomic mass is 10.00. The second-order valence-electron chi connectivity index (χ2n) is 4.88. The molecule has 0 saturated heterocycles. The summed E-state index contributed by atoms with van der Waals surface area (Å²) < 4.78 is 2.11. The zero-order chi connectivity index (χ0) is 13.8. The quantitative estimate of drug-likeness (QED) is 0.864. The van der Waals surface area contributed by atoms with Gasteiger partial charge in [0.2, 0.25) is 0 Å². The average Bonchev–Trinajstić information content (AvgIpc) is 2.75. The molecule has 0 radical (unpaired) electrons. The zero-order valence-electron chi connectivity index (χ0n) is 11.6. The lowest BCUT2D eigenvalue weighted by Gasteiger charge is -2.10. The number of para-hydroxylation sites is 2. The Morgan fingerprint density at radius 1 is 1.42 bits per heavy atom. The Morgan fingerprint density at radius 3 is 2.84 bits per heavy atom. The third-order valence-electron chi connectivity index (χ3n) is 3.53. The molecule has 0 aliphatic heterocycles. The van der Waals surface area contributed by atoms with Crippen molar-refractivity contribution in [3.63, 3.8) is 0 Å². The van der Waals surface area contributed by atoms with Crippen LogP contribution < -0.4 is 5.73 Å². The van der Waals surface area contributed by atoms with Crippen LogP contribution in [0.25, 0.3) is 11.0 Å². The molecule has 0 spiro atoms. The van der Waals surface area contributed by atoms with Crippen molar-refractivity contribution in [1.29, 1.82) is 0 Å². The van der Waals surface area contributed by atoms with Gasteiger partial charge < -0.3 is 10.3 Å². The first kappa shape index (κ1) is 13.7. The van der Waals surface area contributed by atoms with Gasteiger partial charge in [-0.05, 0) is 32.0 Å². The molecule has 2 aromatic rings. The number of ketones is 1. The SMILES string of the molecule is CCn1c(CC(=O)C(C)CCN)nc2ccccc21. The largest absolute Gasteiger partial charge is 0.330 e. The van der Waals surface area contributed by atoms with Gasteiger partial charge in [0.25, 0.3) is 0 Å². The normalized spacial score (nSPS) is 12.8. The monoisotopic (exact) mass is 259 g/mol. The molecule has 19 heavy (non-hydrogen) atoms. The highest BCUT2D eigenvalue weighted by Crippen LogP contribution is 2.17. The topological polar surface area (TPSA) is 60.9 Å². The van der Waals surface area contributed by atoms with E-state index in [0.717, 1.165) is 29.8 Å². The second-order valence-corrected chi connectivity index (χ2v) is 4.88. The van der Waals surface area contributed by atoms with Crippen molar-refractivity contribution in [3.05, 3.63) is 30.1 Å². The summed E-state index contributed by atoms with van der Waals surface area (Å²) in [7, 11) is 0. The average molecular weight is 259 g/mol. The van der Waals surface area contributed by atoms with E-state index >= 15 is 0 Å². The Kier molecular flexibility index (Phi) is 4.32. The number of imidazole rings is 1. The van der Waals surface area contributed by atoms with Crippen molar-refractivity contribution in [3.8, 4) is 0 Å². The lowest BCUT2D eigenvalue weighted by Crippen LogP contribution is -2.19. The molecule has 4 heteroatoms. The number of benzene rings is 1. The summed E-state index contributed by atoms with van der Waals surface area (Å²) in [6.07, 6.45) is 1.13. The Labute approximate surface area is 113 Å². The van der Waals surface area contributed by atoms with Crippen LogP contribution in [-0.2, 0) is 17.8 Å². The molecule has 0 saturated carbocycles. The van der Waals surface area contributed by atoms with Crippen molar-refractivity contribution in [2.45, 2.75) is 33.2 Å². The molecular weight excluding hydrogens is 238 g/mol. The predicted octanol–water partition coefficient (Wildman–Crippen LogP) is 2.15. The Balaban J connectivity index is 2.27. The lowest BCUT2D eigenvalue weighted by molar-refractivity contribution is -0.122. The number of hydrogen-bond acceptors (Lipinski definition) is 3. The van der Waals surface area contributed by atoms with Crippen LogP contribution in [0.5, 0.6) is 0 Å². The number of carbonyl (C=O) groups is 1. The summed E-state index contributed by atoms with van der Waals surface area (Å²) in [6.45, 7) is 5.39. The van der Waals surface area contributed by atoms with Gasteiger partial charge in [-0.1, -0.05) is 19.1 Å². The fourth-order valence-electron chi connectivity index (χ4n) is 2.35. The van der Waals surface area contributed by atoms with E-state index in [9.17, 15) is 4.79 Å². The molecule has 0 amide bonds.